The third-order valence-corrected chi connectivity index (χ3v) is 2.25. The van der Waals surface area contributed by atoms with Crippen LogP contribution in [0.2, 0.25) is 5.15 Å². The van der Waals surface area contributed by atoms with Crippen molar-refractivity contribution in [2.75, 3.05) is 6.54 Å². The average Bonchev–Trinajstić information content (AvgIpc) is 2.31. The first-order valence-corrected chi connectivity index (χ1v) is 4.11. The van der Waals surface area contributed by atoms with Crippen LogP contribution in [0.25, 0.3) is 0 Å². The number of aliphatic imine (C=N–C) groups is 1. The maximum absolute atomic E-state index is 5.97. The first-order chi connectivity index (χ1) is 5.27. The molecule has 0 saturated heterocycles. The van der Waals surface area contributed by atoms with Crippen LogP contribution in [0.15, 0.2) is 11.1 Å². The molecule has 2 rings (SSSR count). The summed E-state index contributed by atoms with van der Waals surface area (Å²) in [5.74, 6) is 0. The Morgan fingerprint density at radius 2 is 2.45 bits per heavy atom. The molecule has 0 saturated carbocycles. The van der Waals surface area contributed by atoms with Gasteiger partial charge >= 0.3 is 0 Å². The number of alkyl halides is 1. The van der Waals surface area contributed by atoms with E-state index in [1.807, 2.05) is 6.07 Å². The van der Waals surface area contributed by atoms with Crippen LogP contribution in [0.5, 0.6) is 0 Å². The SMILES string of the molecule is Clc1cc2c([nH]1)C=NCC2Cl. The molecular formula is C7H6Cl2N2. The molecule has 1 aliphatic heterocycles. The van der Waals surface area contributed by atoms with Gasteiger partial charge in [0.15, 0.2) is 0 Å². The van der Waals surface area contributed by atoms with Crippen LogP contribution in [-0.4, -0.2) is 17.7 Å². The molecule has 1 atom stereocenters. The van der Waals surface area contributed by atoms with Crippen molar-refractivity contribution in [3.05, 3.63) is 22.5 Å². The molecule has 0 amide bonds. The Labute approximate surface area is 74.2 Å². The number of H-pyrrole nitrogens is 1. The molecule has 0 spiro atoms. The van der Waals surface area contributed by atoms with Crippen LogP contribution < -0.4 is 0 Å². The first kappa shape index (κ1) is 7.19. The number of aromatic amines is 1. The molecule has 0 bridgehead atoms. The van der Waals surface area contributed by atoms with Gasteiger partial charge in [-0.1, -0.05) is 11.6 Å². The smallest absolute Gasteiger partial charge is 0.107 e. The number of hydrogen-bond donors (Lipinski definition) is 1. The molecule has 0 aliphatic carbocycles. The molecule has 11 heavy (non-hydrogen) atoms. The van der Waals surface area contributed by atoms with E-state index in [1.54, 1.807) is 6.21 Å². The molecule has 1 aliphatic rings. The fourth-order valence-corrected chi connectivity index (χ4v) is 1.63. The standard InChI is InChI=1S/C7H6Cl2N2/c8-5-2-10-3-6-4(5)1-7(9)11-6/h1,3,5,11H,2H2. The molecule has 2 heterocycles. The van der Waals surface area contributed by atoms with Gasteiger partial charge in [0.05, 0.1) is 17.6 Å². The zero-order chi connectivity index (χ0) is 7.84. The molecule has 1 aromatic rings. The molecule has 1 aromatic heterocycles. The molecule has 1 N–H and O–H groups in total. The van der Waals surface area contributed by atoms with E-state index in [0.717, 1.165) is 11.3 Å². The van der Waals surface area contributed by atoms with Crippen molar-refractivity contribution in [2.24, 2.45) is 4.99 Å². The molecule has 0 radical (unpaired) electrons. The predicted molar refractivity (Wildman–Crippen MR) is 46.9 cm³/mol. The van der Waals surface area contributed by atoms with E-state index < -0.39 is 0 Å². The van der Waals surface area contributed by atoms with E-state index in [4.69, 9.17) is 23.2 Å². The quantitative estimate of drug-likeness (QED) is 0.607. The first-order valence-electron chi connectivity index (χ1n) is 3.29. The Morgan fingerprint density at radius 3 is 3.18 bits per heavy atom. The van der Waals surface area contributed by atoms with E-state index in [-0.39, 0.29) is 5.38 Å². The van der Waals surface area contributed by atoms with Crippen molar-refractivity contribution >= 4 is 29.4 Å². The summed E-state index contributed by atoms with van der Waals surface area (Å²) < 4.78 is 0. The van der Waals surface area contributed by atoms with Crippen LogP contribution in [0.4, 0.5) is 0 Å². The maximum atomic E-state index is 5.97. The van der Waals surface area contributed by atoms with Crippen molar-refractivity contribution < 1.29 is 0 Å². The number of nitrogens with one attached hydrogen (secondary N) is 1. The Hall–Kier alpha value is -0.470. The van der Waals surface area contributed by atoms with Crippen molar-refractivity contribution in [3.63, 3.8) is 0 Å². The largest absolute Gasteiger partial charge is 0.345 e. The molecule has 0 fully saturated rings. The summed E-state index contributed by atoms with van der Waals surface area (Å²) in [6, 6.07) is 1.85. The van der Waals surface area contributed by atoms with Crippen molar-refractivity contribution in [1.29, 1.82) is 0 Å². The number of rotatable bonds is 0. The van der Waals surface area contributed by atoms with Gasteiger partial charge in [0.1, 0.15) is 5.15 Å². The summed E-state index contributed by atoms with van der Waals surface area (Å²) in [4.78, 5) is 7.02. The highest BCUT2D eigenvalue weighted by atomic mass is 35.5. The summed E-state index contributed by atoms with van der Waals surface area (Å²) in [6.07, 6.45) is 1.76. The van der Waals surface area contributed by atoms with E-state index in [1.165, 1.54) is 0 Å². The lowest BCUT2D eigenvalue weighted by Crippen LogP contribution is -2.03. The lowest BCUT2D eigenvalue weighted by molar-refractivity contribution is 0.915. The zero-order valence-corrected chi connectivity index (χ0v) is 7.15. The topological polar surface area (TPSA) is 28.1 Å². The highest BCUT2D eigenvalue weighted by molar-refractivity contribution is 6.30. The van der Waals surface area contributed by atoms with Gasteiger partial charge in [-0.3, -0.25) is 4.99 Å². The van der Waals surface area contributed by atoms with Gasteiger partial charge in [0.25, 0.3) is 0 Å². The van der Waals surface area contributed by atoms with Crippen LogP contribution >= 0.6 is 23.2 Å². The zero-order valence-electron chi connectivity index (χ0n) is 5.64. The lowest BCUT2D eigenvalue weighted by atomic mass is 10.1. The normalized spacial score (nSPS) is 21.8. The van der Waals surface area contributed by atoms with Gasteiger partial charge in [-0.2, -0.15) is 0 Å². The fourth-order valence-electron chi connectivity index (χ4n) is 1.15. The monoisotopic (exact) mass is 188 g/mol. The number of fused-ring (bicyclic) bond motifs is 1. The Balaban J connectivity index is 2.53. The van der Waals surface area contributed by atoms with Crippen LogP contribution in [0, 0.1) is 0 Å². The fraction of sp³-hybridized carbons (Fsp3) is 0.286. The molecule has 2 nitrogen and oxygen atoms in total. The summed E-state index contributed by atoms with van der Waals surface area (Å²) in [6.45, 7) is 0.642. The van der Waals surface area contributed by atoms with E-state index in [0.29, 0.717) is 11.7 Å². The highest BCUT2D eigenvalue weighted by Crippen LogP contribution is 2.28. The van der Waals surface area contributed by atoms with Crippen LogP contribution in [0.3, 0.4) is 0 Å². The van der Waals surface area contributed by atoms with Crippen LogP contribution in [0.1, 0.15) is 16.6 Å². The minimum absolute atomic E-state index is 0.0289. The third kappa shape index (κ3) is 1.17. The summed E-state index contributed by atoms with van der Waals surface area (Å²) >= 11 is 11.7. The molecule has 0 aromatic carbocycles. The minimum Gasteiger partial charge on any atom is -0.345 e. The second-order valence-corrected chi connectivity index (χ2v) is 3.38. The van der Waals surface area contributed by atoms with Crippen molar-refractivity contribution in [1.82, 2.24) is 4.98 Å². The van der Waals surface area contributed by atoms with Gasteiger partial charge in [0, 0.05) is 6.21 Å². The molecule has 58 valence electrons. The summed E-state index contributed by atoms with van der Waals surface area (Å²) in [7, 11) is 0. The van der Waals surface area contributed by atoms with E-state index in [2.05, 4.69) is 9.98 Å². The van der Waals surface area contributed by atoms with Gasteiger partial charge in [0.2, 0.25) is 0 Å². The lowest BCUT2D eigenvalue weighted by Gasteiger charge is -2.09. The second-order valence-electron chi connectivity index (χ2n) is 2.45. The minimum atomic E-state index is -0.0289. The third-order valence-electron chi connectivity index (χ3n) is 1.67. The predicted octanol–water partition coefficient (Wildman–Crippen LogP) is 2.38. The van der Waals surface area contributed by atoms with Crippen LogP contribution in [-0.2, 0) is 0 Å². The number of nitrogens with zero attached hydrogens (tertiary/aromatic N) is 1. The van der Waals surface area contributed by atoms with Crippen molar-refractivity contribution in [3.8, 4) is 0 Å². The summed E-state index contributed by atoms with van der Waals surface area (Å²) in [5.41, 5.74) is 1.98. The van der Waals surface area contributed by atoms with E-state index >= 15 is 0 Å². The number of hydrogen-bond acceptors (Lipinski definition) is 1. The van der Waals surface area contributed by atoms with E-state index in [9.17, 15) is 0 Å². The van der Waals surface area contributed by atoms with Gasteiger partial charge in [-0.25, -0.2) is 0 Å². The average molecular weight is 189 g/mol. The summed E-state index contributed by atoms with van der Waals surface area (Å²) in [5, 5.41) is 0.591. The van der Waals surface area contributed by atoms with Gasteiger partial charge in [-0.05, 0) is 11.6 Å². The highest BCUT2D eigenvalue weighted by Gasteiger charge is 2.17. The van der Waals surface area contributed by atoms with Crippen molar-refractivity contribution in [2.45, 2.75) is 5.38 Å². The van der Waals surface area contributed by atoms with Gasteiger partial charge < -0.3 is 4.98 Å². The molecular weight excluding hydrogens is 183 g/mol. The Bertz CT molecular complexity index is 303. The number of halogens is 2. The molecule has 1 unspecified atom stereocenters. The Morgan fingerprint density at radius 1 is 1.64 bits per heavy atom. The molecule has 4 heteroatoms. The number of aromatic nitrogens is 1. The maximum Gasteiger partial charge on any atom is 0.107 e. The second kappa shape index (κ2) is 2.54. The van der Waals surface area contributed by atoms with Gasteiger partial charge in [-0.15, -0.1) is 11.6 Å². The Kier molecular flexibility index (Phi) is 1.66.